The van der Waals surface area contributed by atoms with E-state index in [0.29, 0.717) is 12.1 Å². The van der Waals surface area contributed by atoms with E-state index in [2.05, 4.69) is 0 Å². The van der Waals surface area contributed by atoms with Crippen LogP contribution in [0.2, 0.25) is 0 Å². The number of hydrogen-bond donors (Lipinski definition) is 1. The molecule has 1 N–H and O–H groups in total. The summed E-state index contributed by atoms with van der Waals surface area (Å²) < 4.78 is 59.1. The van der Waals surface area contributed by atoms with Gasteiger partial charge in [-0.05, 0) is 18.2 Å². The van der Waals surface area contributed by atoms with Crippen LogP contribution in [0.3, 0.4) is 0 Å². The Morgan fingerprint density at radius 3 is 2.50 bits per heavy atom. The molecule has 1 aromatic rings. The molecular formula is C8H4F3N2O2S-. The lowest BCUT2D eigenvalue weighted by molar-refractivity contribution is -0.137. The van der Waals surface area contributed by atoms with Gasteiger partial charge in [0.25, 0.3) is 0 Å². The smallest absolute Gasteiger partial charge is 0.416 e. The van der Waals surface area contributed by atoms with Crippen LogP contribution in [0.4, 0.5) is 18.9 Å². The van der Waals surface area contributed by atoms with E-state index < -0.39 is 23.0 Å². The standard InChI is InChI=1S/C8H5F3N2O2S/c9-8(10,11)6-1-2-7(13-16(14)15)5(3-6)4-12/h1-3,13H,(H,14,15)/p-1. The third kappa shape index (κ3) is 2.95. The second-order valence-electron chi connectivity index (χ2n) is 2.71. The van der Waals surface area contributed by atoms with Crippen molar-refractivity contribution in [1.82, 2.24) is 0 Å². The largest absolute Gasteiger partial charge is 0.755 e. The minimum Gasteiger partial charge on any atom is -0.755 e. The number of benzene rings is 1. The van der Waals surface area contributed by atoms with Gasteiger partial charge in [0.15, 0.2) is 0 Å². The summed E-state index contributed by atoms with van der Waals surface area (Å²) in [6.07, 6.45) is -4.57. The second-order valence-corrected chi connectivity index (χ2v) is 3.38. The molecule has 0 fully saturated rings. The lowest BCUT2D eigenvalue weighted by atomic mass is 10.1. The van der Waals surface area contributed by atoms with Crippen molar-refractivity contribution in [2.24, 2.45) is 0 Å². The molecule has 1 aromatic carbocycles. The number of nitriles is 1. The minimum absolute atomic E-state index is 0.191. The van der Waals surface area contributed by atoms with Crippen LogP contribution in [-0.4, -0.2) is 8.76 Å². The first-order valence-electron chi connectivity index (χ1n) is 3.82. The van der Waals surface area contributed by atoms with Crippen LogP contribution >= 0.6 is 0 Å². The fourth-order valence-electron chi connectivity index (χ4n) is 0.992. The van der Waals surface area contributed by atoms with E-state index in [1.165, 1.54) is 6.07 Å². The molecule has 0 heterocycles. The molecule has 1 atom stereocenters. The first-order chi connectivity index (χ1) is 7.34. The average Bonchev–Trinajstić information content (AvgIpc) is 2.15. The maximum atomic E-state index is 12.2. The van der Waals surface area contributed by atoms with Gasteiger partial charge in [-0.25, -0.2) is 0 Å². The molecule has 0 aliphatic rings. The summed E-state index contributed by atoms with van der Waals surface area (Å²) in [7, 11) is 0. The van der Waals surface area contributed by atoms with Crippen LogP contribution in [0.1, 0.15) is 11.1 Å². The predicted molar refractivity (Wildman–Crippen MR) is 48.7 cm³/mol. The summed E-state index contributed by atoms with van der Waals surface area (Å²) in [6.45, 7) is 0. The van der Waals surface area contributed by atoms with E-state index in [1.807, 2.05) is 4.72 Å². The van der Waals surface area contributed by atoms with Crippen LogP contribution in [0.15, 0.2) is 18.2 Å². The molecular weight excluding hydrogens is 245 g/mol. The zero-order valence-electron chi connectivity index (χ0n) is 7.54. The Balaban J connectivity index is 3.18. The van der Waals surface area contributed by atoms with E-state index in [4.69, 9.17) is 5.26 Å². The van der Waals surface area contributed by atoms with E-state index in [0.717, 1.165) is 6.07 Å². The molecule has 8 heteroatoms. The normalized spacial score (nSPS) is 12.9. The van der Waals surface area contributed by atoms with Crippen LogP contribution in [0.25, 0.3) is 0 Å². The number of hydrogen-bond acceptors (Lipinski definition) is 3. The van der Waals surface area contributed by atoms with Crippen molar-refractivity contribution in [2.75, 3.05) is 4.72 Å². The van der Waals surface area contributed by atoms with Crippen LogP contribution in [-0.2, 0) is 17.4 Å². The third-order valence-electron chi connectivity index (χ3n) is 1.66. The van der Waals surface area contributed by atoms with E-state index in [-0.39, 0.29) is 11.3 Å². The highest BCUT2D eigenvalue weighted by Gasteiger charge is 2.31. The number of nitrogens with zero attached hydrogens (tertiary/aromatic N) is 1. The fraction of sp³-hybridized carbons (Fsp3) is 0.125. The van der Waals surface area contributed by atoms with E-state index >= 15 is 0 Å². The Kier molecular flexibility index (Phi) is 3.51. The van der Waals surface area contributed by atoms with E-state index in [9.17, 15) is 21.9 Å². The number of halogens is 3. The molecule has 0 spiro atoms. The average molecular weight is 249 g/mol. The molecule has 4 nitrogen and oxygen atoms in total. The lowest BCUT2D eigenvalue weighted by Gasteiger charge is -2.12. The van der Waals surface area contributed by atoms with Crippen molar-refractivity contribution in [3.8, 4) is 6.07 Å². The number of rotatable bonds is 2. The molecule has 0 aliphatic carbocycles. The maximum Gasteiger partial charge on any atom is 0.416 e. The summed E-state index contributed by atoms with van der Waals surface area (Å²) in [4.78, 5) is 0. The van der Waals surface area contributed by atoms with Crippen molar-refractivity contribution in [3.63, 3.8) is 0 Å². The minimum atomic E-state index is -4.57. The van der Waals surface area contributed by atoms with Gasteiger partial charge in [0.2, 0.25) is 0 Å². The van der Waals surface area contributed by atoms with Crippen molar-refractivity contribution >= 4 is 17.0 Å². The first-order valence-corrected chi connectivity index (χ1v) is 4.89. The van der Waals surface area contributed by atoms with Crippen LogP contribution in [0.5, 0.6) is 0 Å². The van der Waals surface area contributed by atoms with E-state index in [1.54, 1.807) is 0 Å². The fourth-order valence-corrected chi connectivity index (χ4v) is 1.35. The molecule has 16 heavy (non-hydrogen) atoms. The van der Waals surface area contributed by atoms with Gasteiger partial charge < -0.3 is 9.27 Å². The molecule has 0 amide bonds. The molecule has 1 rings (SSSR count). The SMILES string of the molecule is N#Cc1cc(C(F)(F)F)ccc1NS(=O)[O-]. The van der Waals surface area contributed by atoms with Gasteiger partial charge >= 0.3 is 6.18 Å². The number of alkyl halides is 3. The first kappa shape index (κ1) is 12.5. The topological polar surface area (TPSA) is 76.0 Å². The summed E-state index contributed by atoms with van der Waals surface area (Å²) in [5, 5.41) is 8.56. The quantitative estimate of drug-likeness (QED) is 0.811. The van der Waals surface area contributed by atoms with Crippen molar-refractivity contribution in [3.05, 3.63) is 29.3 Å². The van der Waals surface area contributed by atoms with Crippen LogP contribution in [0, 0.1) is 11.3 Å². The van der Waals surface area contributed by atoms with Crippen molar-refractivity contribution < 1.29 is 21.9 Å². The molecule has 1 unspecified atom stereocenters. The number of anilines is 1. The Hall–Kier alpha value is -1.59. The zero-order chi connectivity index (χ0) is 12.3. The van der Waals surface area contributed by atoms with Gasteiger partial charge in [0.05, 0.1) is 16.8 Å². The molecule has 0 aromatic heterocycles. The number of nitrogens with one attached hydrogen (secondary N) is 1. The monoisotopic (exact) mass is 249 g/mol. The Morgan fingerprint density at radius 2 is 2.06 bits per heavy atom. The Morgan fingerprint density at radius 1 is 1.44 bits per heavy atom. The second kappa shape index (κ2) is 4.51. The molecule has 0 saturated heterocycles. The molecule has 0 bridgehead atoms. The Bertz CT molecular complexity index is 467. The van der Waals surface area contributed by atoms with Gasteiger partial charge in [-0.15, -0.1) is 0 Å². The Labute approximate surface area is 91.1 Å². The summed E-state index contributed by atoms with van der Waals surface area (Å²) in [5.41, 5.74) is -1.59. The molecule has 0 saturated carbocycles. The van der Waals surface area contributed by atoms with Gasteiger partial charge in [-0.1, -0.05) is 0 Å². The predicted octanol–water partition coefficient (Wildman–Crippen LogP) is 1.78. The van der Waals surface area contributed by atoms with Gasteiger partial charge in [0, 0.05) is 11.3 Å². The van der Waals surface area contributed by atoms with Crippen molar-refractivity contribution in [2.45, 2.75) is 6.18 Å². The lowest BCUT2D eigenvalue weighted by Crippen LogP contribution is -2.08. The zero-order valence-corrected chi connectivity index (χ0v) is 8.35. The highest BCUT2D eigenvalue weighted by atomic mass is 32.2. The van der Waals surface area contributed by atoms with Gasteiger partial charge in [-0.3, -0.25) is 4.21 Å². The molecule has 86 valence electrons. The highest BCUT2D eigenvalue weighted by Crippen LogP contribution is 2.31. The molecule has 0 aliphatic heterocycles. The third-order valence-corrected chi connectivity index (χ3v) is 2.05. The summed E-state index contributed by atoms with van der Waals surface area (Å²) >= 11 is -2.69. The van der Waals surface area contributed by atoms with Crippen molar-refractivity contribution in [1.29, 1.82) is 5.26 Å². The van der Waals surface area contributed by atoms with Gasteiger partial charge in [0.1, 0.15) is 6.07 Å². The molecule has 0 radical (unpaired) electrons. The van der Waals surface area contributed by atoms with Gasteiger partial charge in [-0.2, -0.15) is 18.4 Å². The maximum absolute atomic E-state index is 12.2. The highest BCUT2D eigenvalue weighted by molar-refractivity contribution is 7.80. The summed E-state index contributed by atoms with van der Waals surface area (Å²) in [6, 6.07) is 3.63. The van der Waals surface area contributed by atoms with Crippen LogP contribution < -0.4 is 4.72 Å². The summed E-state index contributed by atoms with van der Waals surface area (Å²) in [5.74, 6) is 0.